The van der Waals surface area contributed by atoms with Crippen molar-refractivity contribution in [2.45, 2.75) is 58.0 Å². The van der Waals surface area contributed by atoms with Gasteiger partial charge in [0.1, 0.15) is 5.59 Å². The number of hydrogen-bond acceptors (Lipinski definition) is 4. The third kappa shape index (κ3) is 2.58. The molecular formula is C17H21BF2N2O3. The zero-order valence-electron chi connectivity index (χ0n) is 14.8. The van der Waals surface area contributed by atoms with E-state index in [0.717, 1.165) is 25.0 Å². The van der Waals surface area contributed by atoms with E-state index in [1.165, 1.54) is 0 Å². The standard InChI is InChI=1S/C17H21BF2N2O3/c1-16(2)17(3,4)25-18(24-16)15-10-8-11(19)12(20)9-13(10)22(21-15)14-6-5-7-23-14/h8-9,14H,5-7H2,1-4H3. The SMILES string of the molecule is CC1(C)OB(c2nn(C3CCCO3)c3cc(F)c(F)cc23)OC1(C)C. The summed E-state index contributed by atoms with van der Waals surface area (Å²) in [5.41, 5.74) is -0.162. The number of benzene rings is 1. The van der Waals surface area contributed by atoms with Crippen LogP contribution in [0.15, 0.2) is 12.1 Å². The molecule has 3 heterocycles. The van der Waals surface area contributed by atoms with E-state index in [1.807, 2.05) is 27.7 Å². The third-order valence-corrected chi connectivity index (χ3v) is 5.43. The molecule has 1 aromatic carbocycles. The Bertz CT molecular complexity index is 815. The van der Waals surface area contributed by atoms with Crippen LogP contribution in [0, 0.1) is 11.6 Å². The molecule has 1 atom stereocenters. The smallest absolute Gasteiger partial charge is 0.398 e. The molecule has 0 spiro atoms. The Morgan fingerprint density at radius 3 is 2.36 bits per heavy atom. The lowest BCUT2D eigenvalue weighted by Gasteiger charge is -2.32. The molecule has 8 heteroatoms. The van der Waals surface area contributed by atoms with E-state index in [9.17, 15) is 8.78 Å². The summed E-state index contributed by atoms with van der Waals surface area (Å²) in [6, 6.07) is 2.32. The summed E-state index contributed by atoms with van der Waals surface area (Å²) < 4.78 is 47.1. The molecule has 4 rings (SSSR count). The van der Waals surface area contributed by atoms with Crippen molar-refractivity contribution in [3.63, 3.8) is 0 Å². The van der Waals surface area contributed by atoms with Crippen molar-refractivity contribution in [3.8, 4) is 0 Å². The van der Waals surface area contributed by atoms with E-state index in [2.05, 4.69) is 5.10 Å². The second-order valence-corrected chi connectivity index (χ2v) is 7.67. The average Bonchev–Trinajstić information content (AvgIpc) is 3.18. The van der Waals surface area contributed by atoms with Crippen molar-refractivity contribution in [1.82, 2.24) is 9.78 Å². The molecule has 5 nitrogen and oxygen atoms in total. The Morgan fingerprint density at radius 1 is 1.12 bits per heavy atom. The molecule has 1 aromatic heterocycles. The Balaban J connectivity index is 1.85. The summed E-state index contributed by atoms with van der Waals surface area (Å²) in [6.07, 6.45) is 1.39. The molecule has 2 fully saturated rings. The molecule has 25 heavy (non-hydrogen) atoms. The van der Waals surface area contributed by atoms with Crippen LogP contribution in [0.2, 0.25) is 0 Å². The predicted octanol–water partition coefficient (Wildman–Crippen LogP) is 2.92. The molecule has 2 aromatic rings. The van der Waals surface area contributed by atoms with E-state index in [1.54, 1.807) is 4.68 Å². The van der Waals surface area contributed by atoms with Gasteiger partial charge in [-0.2, -0.15) is 5.10 Å². The maximum absolute atomic E-state index is 13.9. The summed E-state index contributed by atoms with van der Waals surface area (Å²) in [4.78, 5) is 0. The van der Waals surface area contributed by atoms with Gasteiger partial charge in [-0.25, -0.2) is 13.5 Å². The van der Waals surface area contributed by atoms with E-state index in [4.69, 9.17) is 14.0 Å². The van der Waals surface area contributed by atoms with E-state index >= 15 is 0 Å². The third-order valence-electron chi connectivity index (χ3n) is 5.43. The summed E-state index contributed by atoms with van der Waals surface area (Å²) in [6.45, 7) is 8.37. The maximum Gasteiger partial charge on any atom is 0.517 e. The second kappa shape index (κ2) is 5.49. The van der Waals surface area contributed by atoms with Crippen molar-refractivity contribution < 1.29 is 22.8 Å². The van der Waals surface area contributed by atoms with Crippen molar-refractivity contribution >= 4 is 23.6 Å². The lowest BCUT2D eigenvalue weighted by molar-refractivity contribution is 0.00578. The van der Waals surface area contributed by atoms with Gasteiger partial charge in [0.15, 0.2) is 17.9 Å². The number of halogens is 2. The Kier molecular flexibility index (Phi) is 3.72. The highest BCUT2D eigenvalue weighted by Crippen LogP contribution is 2.37. The molecule has 1 unspecified atom stereocenters. The van der Waals surface area contributed by atoms with Crippen LogP contribution in [0.1, 0.15) is 46.8 Å². The van der Waals surface area contributed by atoms with Crippen LogP contribution >= 0.6 is 0 Å². The normalized spacial score (nSPS) is 25.2. The number of rotatable bonds is 2. The maximum atomic E-state index is 13.9. The lowest BCUT2D eigenvalue weighted by atomic mass is 9.82. The number of ether oxygens (including phenoxy) is 1. The predicted molar refractivity (Wildman–Crippen MR) is 89.6 cm³/mol. The summed E-state index contributed by atoms with van der Waals surface area (Å²) >= 11 is 0. The summed E-state index contributed by atoms with van der Waals surface area (Å²) in [5.74, 6) is -1.83. The Labute approximate surface area is 145 Å². The van der Waals surface area contributed by atoms with Gasteiger partial charge in [-0.3, -0.25) is 0 Å². The fourth-order valence-electron chi connectivity index (χ4n) is 3.26. The molecule has 0 radical (unpaired) electrons. The molecule has 134 valence electrons. The fourth-order valence-corrected chi connectivity index (χ4v) is 3.26. The van der Waals surface area contributed by atoms with Crippen molar-refractivity contribution in [3.05, 3.63) is 23.8 Å². The zero-order chi connectivity index (χ0) is 18.0. The molecule has 0 aliphatic carbocycles. The van der Waals surface area contributed by atoms with Gasteiger partial charge in [-0.15, -0.1) is 0 Å². The first-order chi connectivity index (χ1) is 11.7. The molecule has 2 aliphatic rings. The second-order valence-electron chi connectivity index (χ2n) is 7.67. The highest BCUT2D eigenvalue weighted by Gasteiger charge is 2.53. The van der Waals surface area contributed by atoms with Crippen molar-refractivity contribution in [2.75, 3.05) is 6.61 Å². The molecule has 2 saturated heterocycles. The lowest BCUT2D eigenvalue weighted by Crippen LogP contribution is -2.41. The number of nitrogens with zero attached hydrogens (tertiary/aromatic N) is 2. The number of fused-ring (bicyclic) bond motifs is 1. The highest BCUT2D eigenvalue weighted by molar-refractivity contribution is 6.64. The number of aromatic nitrogens is 2. The molecule has 0 saturated carbocycles. The fraction of sp³-hybridized carbons (Fsp3) is 0.588. The Morgan fingerprint density at radius 2 is 1.76 bits per heavy atom. The van der Waals surface area contributed by atoms with E-state index in [0.29, 0.717) is 23.1 Å². The van der Waals surface area contributed by atoms with Crippen molar-refractivity contribution in [2.24, 2.45) is 0 Å². The van der Waals surface area contributed by atoms with Crippen LogP contribution in [0.25, 0.3) is 10.9 Å². The average molecular weight is 350 g/mol. The van der Waals surface area contributed by atoms with Crippen LogP contribution in [-0.2, 0) is 14.0 Å². The molecule has 0 N–H and O–H groups in total. The van der Waals surface area contributed by atoms with Gasteiger partial charge in [0, 0.05) is 18.1 Å². The molecule has 0 amide bonds. The monoisotopic (exact) mass is 350 g/mol. The van der Waals surface area contributed by atoms with Crippen molar-refractivity contribution in [1.29, 1.82) is 0 Å². The van der Waals surface area contributed by atoms with Gasteiger partial charge in [0.05, 0.1) is 16.7 Å². The molecular weight excluding hydrogens is 329 g/mol. The van der Waals surface area contributed by atoms with Crippen LogP contribution in [0.4, 0.5) is 8.78 Å². The van der Waals surface area contributed by atoms with Crippen LogP contribution < -0.4 is 5.59 Å². The summed E-state index contributed by atoms with van der Waals surface area (Å²) in [5, 5.41) is 5.05. The Hall–Kier alpha value is -1.51. The van der Waals surface area contributed by atoms with Gasteiger partial charge < -0.3 is 14.0 Å². The van der Waals surface area contributed by atoms with Gasteiger partial charge >= 0.3 is 7.12 Å². The van der Waals surface area contributed by atoms with Gasteiger partial charge in [0.25, 0.3) is 0 Å². The number of hydrogen-bond donors (Lipinski definition) is 0. The quantitative estimate of drug-likeness (QED) is 0.782. The minimum Gasteiger partial charge on any atom is -0.398 e. The van der Waals surface area contributed by atoms with Gasteiger partial charge in [-0.05, 0) is 46.6 Å². The molecule has 0 bridgehead atoms. The first-order valence-corrected chi connectivity index (χ1v) is 8.54. The molecule has 2 aliphatic heterocycles. The topological polar surface area (TPSA) is 45.5 Å². The minimum atomic E-state index is -0.919. The first kappa shape index (κ1) is 16.9. The minimum absolute atomic E-state index is 0.288. The van der Waals surface area contributed by atoms with Gasteiger partial charge in [0.2, 0.25) is 0 Å². The highest BCUT2D eigenvalue weighted by atomic mass is 19.2. The summed E-state index contributed by atoms with van der Waals surface area (Å²) in [7, 11) is -0.750. The zero-order valence-corrected chi connectivity index (χ0v) is 14.8. The van der Waals surface area contributed by atoms with E-state index in [-0.39, 0.29) is 6.23 Å². The largest absolute Gasteiger partial charge is 0.517 e. The van der Waals surface area contributed by atoms with Crippen LogP contribution in [0.3, 0.4) is 0 Å². The van der Waals surface area contributed by atoms with Crippen LogP contribution in [0.5, 0.6) is 0 Å². The van der Waals surface area contributed by atoms with Gasteiger partial charge in [-0.1, -0.05) is 0 Å². The van der Waals surface area contributed by atoms with Crippen LogP contribution in [-0.4, -0.2) is 34.7 Å². The first-order valence-electron chi connectivity index (χ1n) is 8.54. The van der Waals surface area contributed by atoms with E-state index < -0.39 is 30.0 Å².